The van der Waals surface area contributed by atoms with Crippen LogP contribution in [0.5, 0.6) is 0 Å². The van der Waals surface area contributed by atoms with Crippen molar-refractivity contribution in [1.82, 2.24) is 14.9 Å². The van der Waals surface area contributed by atoms with E-state index in [2.05, 4.69) is 14.9 Å². The molecule has 0 radical (unpaired) electrons. The van der Waals surface area contributed by atoms with Gasteiger partial charge in [-0.25, -0.2) is 0 Å². The summed E-state index contributed by atoms with van der Waals surface area (Å²) in [7, 11) is 0. The molecule has 1 aromatic rings. The first-order valence-corrected chi connectivity index (χ1v) is 8.59. The first-order valence-electron chi connectivity index (χ1n) is 7.41. The summed E-state index contributed by atoms with van der Waals surface area (Å²) in [4.78, 5) is 13.6. The van der Waals surface area contributed by atoms with Gasteiger partial charge in [0.1, 0.15) is 4.88 Å². The van der Waals surface area contributed by atoms with Gasteiger partial charge in [-0.15, -0.1) is 5.10 Å². The maximum atomic E-state index is 12.6. The second-order valence-corrected chi connectivity index (χ2v) is 7.15. The van der Waals surface area contributed by atoms with Crippen LogP contribution in [0.3, 0.4) is 0 Å². The highest BCUT2D eigenvalue weighted by Crippen LogP contribution is 2.29. The van der Waals surface area contributed by atoms with Crippen LogP contribution in [0.4, 0.5) is 0 Å². The molecule has 1 heterocycles. The predicted molar refractivity (Wildman–Crippen MR) is 88.7 cm³/mol. The lowest BCUT2D eigenvalue weighted by Crippen LogP contribution is -2.56. The quantitative estimate of drug-likeness (QED) is 0.657. The van der Waals surface area contributed by atoms with Gasteiger partial charge in [0.05, 0.1) is 16.2 Å². The van der Waals surface area contributed by atoms with Gasteiger partial charge in [-0.3, -0.25) is 4.79 Å². The minimum Gasteiger partial charge on any atom is -0.391 e. The van der Waals surface area contributed by atoms with E-state index in [0.717, 1.165) is 42.9 Å². The largest absolute Gasteiger partial charge is 0.391 e. The molecular weight excluding hydrogens is 304 g/mol. The summed E-state index contributed by atoms with van der Waals surface area (Å²) in [6, 6.07) is 0. The Hall–Kier alpha value is -1.08. The van der Waals surface area contributed by atoms with Gasteiger partial charge in [0.2, 0.25) is 0 Å². The lowest BCUT2D eigenvalue weighted by atomic mass is 9.89. The van der Waals surface area contributed by atoms with Crippen molar-refractivity contribution in [3.05, 3.63) is 10.6 Å². The number of nitrogens with one attached hydrogen (secondary N) is 1. The lowest BCUT2D eigenvalue weighted by molar-refractivity contribution is 0.0920. The second kappa shape index (κ2) is 6.79. The minimum atomic E-state index is -0.554. The molecular formula is C14H22N4OS2. The molecule has 0 atom stereocenters. The molecule has 116 valence electrons. The first kappa shape index (κ1) is 16.3. The molecule has 0 bridgehead atoms. The molecule has 0 aromatic carbocycles. The maximum absolute atomic E-state index is 12.6. The molecule has 5 nitrogen and oxygen atoms in total. The Morgan fingerprint density at radius 1 is 1.33 bits per heavy atom. The van der Waals surface area contributed by atoms with Crippen molar-refractivity contribution in [3.8, 4) is 0 Å². The number of rotatable bonds is 4. The van der Waals surface area contributed by atoms with Crippen molar-refractivity contribution in [2.45, 2.75) is 63.8 Å². The Morgan fingerprint density at radius 3 is 2.48 bits per heavy atom. The summed E-state index contributed by atoms with van der Waals surface area (Å²) in [6.45, 7) is 4.00. The van der Waals surface area contributed by atoms with Gasteiger partial charge in [-0.1, -0.05) is 56.2 Å². The Morgan fingerprint density at radius 2 is 1.95 bits per heavy atom. The van der Waals surface area contributed by atoms with Gasteiger partial charge in [0.25, 0.3) is 5.91 Å². The Kier molecular flexibility index (Phi) is 5.27. The van der Waals surface area contributed by atoms with Crippen LogP contribution >= 0.6 is 23.8 Å². The summed E-state index contributed by atoms with van der Waals surface area (Å²) in [5.41, 5.74) is 6.15. The van der Waals surface area contributed by atoms with Crippen LogP contribution in [0.1, 0.15) is 73.7 Å². The van der Waals surface area contributed by atoms with E-state index in [1.54, 1.807) is 0 Å². The van der Waals surface area contributed by atoms with Gasteiger partial charge in [0, 0.05) is 0 Å². The van der Waals surface area contributed by atoms with E-state index < -0.39 is 5.54 Å². The van der Waals surface area contributed by atoms with Crippen LogP contribution in [-0.2, 0) is 0 Å². The van der Waals surface area contributed by atoms with Crippen molar-refractivity contribution < 1.29 is 4.79 Å². The van der Waals surface area contributed by atoms with E-state index in [0.29, 0.717) is 9.87 Å². The monoisotopic (exact) mass is 326 g/mol. The summed E-state index contributed by atoms with van der Waals surface area (Å²) >= 11 is 6.39. The number of hydrogen-bond donors (Lipinski definition) is 2. The summed E-state index contributed by atoms with van der Waals surface area (Å²) < 4.78 is 3.91. The average Bonchev–Trinajstić information content (AvgIpc) is 2.80. The minimum absolute atomic E-state index is 0.150. The van der Waals surface area contributed by atoms with Gasteiger partial charge in [0.15, 0.2) is 0 Å². The van der Waals surface area contributed by atoms with E-state index >= 15 is 0 Å². The molecule has 1 aliphatic rings. The smallest absolute Gasteiger partial charge is 0.265 e. The molecule has 7 heteroatoms. The van der Waals surface area contributed by atoms with E-state index in [4.69, 9.17) is 18.0 Å². The SMILES string of the molecule is CC(C)c1nnsc1C(=O)NC1(C(N)=S)CCCCCC1. The number of carbonyl (C=O) groups excluding carboxylic acids is 1. The highest BCUT2D eigenvalue weighted by atomic mass is 32.1. The lowest BCUT2D eigenvalue weighted by Gasteiger charge is -2.32. The van der Waals surface area contributed by atoms with Crippen LogP contribution in [-0.4, -0.2) is 26.0 Å². The number of hydrogen-bond acceptors (Lipinski definition) is 5. The summed E-state index contributed by atoms with van der Waals surface area (Å²) in [5.74, 6) is 0.0165. The van der Waals surface area contributed by atoms with Crippen molar-refractivity contribution in [1.29, 1.82) is 0 Å². The number of nitrogens with zero attached hydrogens (tertiary/aromatic N) is 2. The van der Waals surface area contributed by atoms with E-state index in [1.807, 2.05) is 13.8 Å². The molecule has 1 amide bonds. The van der Waals surface area contributed by atoms with E-state index in [9.17, 15) is 4.79 Å². The first-order chi connectivity index (χ1) is 9.96. The van der Waals surface area contributed by atoms with Crippen molar-refractivity contribution >= 4 is 34.6 Å². The molecule has 1 aliphatic carbocycles. The highest BCUT2D eigenvalue weighted by molar-refractivity contribution is 7.80. The zero-order chi connectivity index (χ0) is 15.5. The predicted octanol–water partition coefficient (Wildman–Crippen LogP) is 2.77. The van der Waals surface area contributed by atoms with Gasteiger partial charge < -0.3 is 11.1 Å². The van der Waals surface area contributed by atoms with Crippen LogP contribution in [0.15, 0.2) is 0 Å². The summed E-state index contributed by atoms with van der Waals surface area (Å²) in [6.07, 6.45) is 6.04. The molecule has 0 aliphatic heterocycles. The van der Waals surface area contributed by atoms with Gasteiger partial charge >= 0.3 is 0 Å². The molecule has 0 saturated heterocycles. The molecule has 2 rings (SSSR count). The molecule has 21 heavy (non-hydrogen) atoms. The normalized spacial score (nSPS) is 18.2. The van der Waals surface area contributed by atoms with Gasteiger partial charge in [-0.2, -0.15) is 0 Å². The third-order valence-electron chi connectivity index (χ3n) is 4.05. The van der Waals surface area contributed by atoms with E-state index in [1.165, 1.54) is 12.8 Å². The fraction of sp³-hybridized carbons (Fsp3) is 0.714. The van der Waals surface area contributed by atoms with Crippen LogP contribution in [0.2, 0.25) is 0 Å². The molecule has 1 aromatic heterocycles. The zero-order valence-corrected chi connectivity index (χ0v) is 14.1. The fourth-order valence-corrected chi connectivity index (χ4v) is 3.74. The van der Waals surface area contributed by atoms with Crippen molar-refractivity contribution in [2.75, 3.05) is 0 Å². The number of nitrogens with two attached hydrogens (primary N) is 1. The third kappa shape index (κ3) is 3.58. The average molecular weight is 326 g/mol. The Balaban J connectivity index is 2.22. The standard InChI is InChI=1S/C14H22N4OS2/c1-9(2)10-11(21-18-17-10)12(19)16-14(13(15)20)7-5-3-4-6-8-14/h9H,3-8H2,1-2H3,(H2,15,20)(H,16,19). The number of thiocarbonyl (C=S) groups is 1. The molecule has 0 spiro atoms. The maximum Gasteiger partial charge on any atom is 0.265 e. The van der Waals surface area contributed by atoms with Crippen LogP contribution in [0, 0.1) is 0 Å². The highest BCUT2D eigenvalue weighted by Gasteiger charge is 2.36. The molecule has 1 fully saturated rings. The van der Waals surface area contributed by atoms with Crippen molar-refractivity contribution in [2.24, 2.45) is 5.73 Å². The van der Waals surface area contributed by atoms with Crippen LogP contribution < -0.4 is 11.1 Å². The molecule has 3 N–H and O–H groups in total. The number of aromatic nitrogens is 2. The fourth-order valence-electron chi connectivity index (χ4n) is 2.77. The zero-order valence-electron chi connectivity index (χ0n) is 12.5. The van der Waals surface area contributed by atoms with Crippen molar-refractivity contribution in [3.63, 3.8) is 0 Å². The molecule has 0 unspecified atom stereocenters. The summed E-state index contributed by atoms with van der Waals surface area (Å²) in [5, 5.41) is 7.15. The number of amides is 1. The van der Waals surface area contributed by atoms with Gasteiger partial charge in [-0.05, 0) is 30.3 Å². The Labute approximate surface area is 134 Å². The third-order valence-corrected chi connectivity index (χ3v) is 5.18. The topological polar surface area (TPSA) is 80.9 Å². The second-order valence-electron chi connectivity index (χ2n) is 5.96. The van der Waals surface area contributed by atoms with E-state index in [-0.39, 0.29) is 11.8 Å². The molecule has 1 saturated carbocycles. The Bertz CT molecular complexity index is 519. The van der Waals surface area contributed by atoms with Crippen LogP contribution in [0.25, 0.3) is 0 Å². The number of carbonyl (C=O) groups is 1.